The molecule has 1 heterocycles. The zero-order valence-corrected chi connectivity index (χ0v) is 12.9. The summed E-state index contributed by atoms with van der Waals surface area (Å²) in [6, 6.07) is 0. The predicted octanol–water partition coefficient (Wildman–Crippen LogP) is 0.703. The number of piperazine rings is 1. The van der Waals surface area contributed by atoms with Gasteiger partial charge in [0.1, 0.15) is 0 Å². The van der Waals surface area contributed by atoms with Crippen molar-refractivity contribution < 1.29 is 26.4 Å². The highest BCUT2D eigenvalue weighted by Crippen LogP contribution is 2.40. The molecule has 1 aliphatic heterocycles. The lowest BCUT2D eigenvalue weighted by Gasteiger charge is -2.37. The van der Waals surface area contributed by atoms with Crippen molar-refractivity contribution in [2.75, 3.05) is 26.2 Å². The summed E-state index contributed by atoms with van der Waals surface area (Å²) in [6.07, 6.45) is -3.51. The Hall–Kier alpha value is -0.870. The Balaban J connectivity index is 1.93. The van der Waals surface area contributed by atoms with E-state index in [4.69, 9.17) is 5.14 Å². The van der Waals surface area contributed by atoms with Crippen molar-refractivity contribution in [2.45, 2.75) is 31.9 Å². The molecule has 10 heteroatoms. The van der Waals surface area contributed by atoms with Crippen LogP contribution in [-0.2, 0) is 15.0 Å². The van der Waals surface area contributed by atoms with Crippen molar-refractivity contribution >= 4 is 16.1 Å². The van der Waals surface area contributed by atoms with E-state index >= 15 is 0 Å². The van der Waals surface area contributed by atoms with E-state index in [-0.39, 0.29) is 44.9 Å². The fraction of sp³-hybridized carbons (Fsp3) is 0.917. The van der Waals surface area contributed by atoms with Gasteiger partial charge in [-0.2, -0.15) is 25.9 Å². The lowest BCUT2D eigenvalue weighted by molar-refractivity contribution is -0.187. The molecule has 0 bridgehead atoms. The molecule has 6 nitrogen and oxygen atoms in total. The molecule has 2 aliphatic rings. The normalized spacial score (nSPS) is 28.6. The van der Waals surface area contributed by atoms with Crippen molar-refractivity contribution in [1.82, 2.24) is 9.21 Å². The maximum absolute atomic E-state index is 12.8. The Morgan fingerprint density at radius 2 is 1.68 bits per heavy atom. The zero-order valence-electron chi connectivity index (χ0n) is 12.1. The van der Waals surface area contributed by atoms with Crippen LogP contribution in [0.2, 0.25) is 0 Å². The number of rotatable bonds is 2. The Morgan fingerprint density at radius 3 is 2.18 bits per heavy atom. The van der Waals surface area contributed by atoms with Gasteiger partial charge in [-0.3, -0.25) is 4.79 Å². The fourth-order valence-corrected chi connectivity index (χ4v) is 3.80. The van der Waals surface area contributed by atoms with Crippen LogP contribution in [-0.4, -0.2) is 55.9 Å². The smallest absolute Gasteiger partial charge is 0.340 e. The topological polar surface area (TPSA) is 83.7 Å². The summed E-state index contributed by atoms with van der Waals surface area (Å²) in [5, 5.41) is 5.01. The minimum Gasteiger partial charge on any atom is -0.340 e. The number of halogens is 3. The molecule has 0 radical (unpaired) electrons. The summed E-state index contributed by atoms with van der Waals surface area (Å²) in [7, 11) is -3.78. The number of hydrogen-bond donors (Lipinski definition) is 1. The van der Waals surface area contributed by atoms with Gasteiger partial charge in [-0.1, -0.05) is 6.42 Å². The van der Waals surface area contributed by atoms with Crippen molar-refractivity contribution in [1.29, 1.82) is 0 Å². The summed E-state index contributed by atoms with van der Waals surface area (Å²) in [5.74, 6) is -2.34. The highest BCUT2D eigenvalue weighted by molar-refractivity contribution is 7.86. The molecule has 0 aromatic heterocycles. The number of carbonyl (C=O) groups excluding carboxylic acids is 1. The van der Waals surface area contributed by atoms with E-state index in [0.717, 1.165) is 4.31 Å². The van der Waals surface area contributed by atoms with Gasteiger partial charge < -0.3 is 4.90 Å². The van der Waals surface area contributed by atoms with E-state index in [1.54, 1.807) is 0 Å². The number of nitrogens with two attached hydrogens (primary N) is 1. The number of hydrogen-bond acceptors (Lipinski definition) is 3. The Bertz CT molecular complexity index is 515. The highest BCUT2D eigenvalue weighted by Gasteiger charge is 2.44. The molecular formula is C12H20F3N3O3S. The van der Waals surface area contributed by atoms with Crippen LogP contribution < -0.4 is 5.14 Å². The van der Waals surface area contributed by atoms with E-state index in [1.165, 1.54) is 4.90 Å². The molecule has 0 aromatic carbocycles. The minimum absolute atomic E-state index is 0.0759. The number of alkyl halides is 3. The number of amides is 1. The lowest BCUT2D eigenvalue weighted by Crippen LogP contribution is -2.53. The first-order valence-corrected chi connectivity index (χ1v) is 8.72. The van der Waals surface area contributed by atoms with Gasteiger partial charge >= 0.3 is 6.18 Å². The molecule has 1 amide bonds. The summed E-state index contributed by atoms with van der Waals surface area (Å²) in [5.41, 5.74) is 0. The van der Waals surface area contributed by atoms with Gasteiger partial charge in [0.05, 0.1) is 5.92 Å². The quantitative estimate of drug-likeness (QED) is 0.801. The highest BCUT2D eigenvalue weighted by atomic mass is 32.2. The lowest BCUT2D eigenvalue weighted by atomic mass is 9.80. The van der Waals surface area contributed by atoms with Gasteiger partial charge in [0, 0.05) is 32.1 Å². The SMILES string of the molecule is NS(=O)(=O)N1CCN(C(=O)[C@@H]2CCC[C@H](C(F)(F)F)C2)CC1. The van der Waals surface area contributed by atoms with Crippen LogP contribution in [0.1, 0.15) is 25.7 Å². The molecule has 1 saturated carbocycles. The first kappa shape index (κ1) is 17.5. The van der Waals surface area contributed by atoms with E-state index in [1.807, 2.05) is 0 Å². The maximum Gasteiger partial charge on any atom is 0.391 e. The van der Waals surface area contributed by atoms with Crippen molar-refractivity contribution in [3.05, 3.63) is 0 Å². The molecule has 128 valence electrons. The van der Waals surface area contributed by atoms with Crippen molar-refractivity contribution in [3.8, 4) is 0 Å². The molecule has 0 aromatic rings. The average molecular weight is 343 g/mol. The van der Waals surface area contributed by atoms with Gasteiger partial charge in [-0.05, 0) is 19.3 Å². The Morgan fingerprint density at radius 1 is 1.09 bits per heavy atom. The third kappa shape index (κ3) is 4.11. The molecule has 2 atom stereocenters. The second-order valence-corrected chi connectivity index (χ2v) is 7.42. The van der Waals surface area contributed by atoms with Crippen LogP contribution in [0.4, 0.5) is 13.2 Å². The zero-order chi connectivity index (χ0) is 16.5. The first-order valence-electron chi connectivity index (χ1n) is 7.22. The summed E-state index contributed by atoms with van der Waals surface area (Å²) < 4.78 is 61.8. The molecule has 0 unspecified atom stereocenters. The maximum atomic E-state index is 12.8. The predicted molar refractivity (Wildman–Crippen MR) is 72.8 cm³/mol. The van der Waals surface area contributed by atoms with E-state index in [0.29, 0.717) is 12.8 Å². The molecule has 2 rings (SSSR count). The van der Waals surface area contributed by atoms with E-state index < -0.39 is 28.2 Å². The Labute approximate surface area is 127 Å². The van der Waals surface area contributed by atoms with Crippen molar-refractivity contribution in [3.63, 3.8) is 0 Å². The van der Waals surface area contributed by atoms with Crippen molar-refractivity contribution in [2.24, 2.45) is 17.0 Å². The van der Waals surface area contributed by atoms with Crippen LogP contribution in [0.25, 0.3) is 0 Å². The molecule has 22 heavy (non-hydrogen) atoms. The molecular weight excluding hydrogens is 323 g/mol. The van der Waals surface area contributed by atoms with Gasteiger partial charge in [0.15, 0.2) is 0 Å². The first-order chi connectivity index (χ1) is 10.1. The van der Waals surface area contributed by atoms with Crippen LogP contribution in [0.15, 0.2) is 0 Å². The van der Waals surface area contributed by atoms with E-state index in [2.05, 4.69) is 0 Å². The third-order valence-electron chi connectivity index (χ3n) is 4.40. The number of nitrogens with zero attached hydrogens (tertiary/aromatic N) is 2. The summed E-state index contributed by atoms with van der Waals surface area (Å²) in [6.45, 7) is 0.505. The number of carbonyl (C=O) groups is 1. The van der Waals surface area contributed by atoms with Gasteiger partial charge in [-0.25, -0.2) is 5.14 Å². The molecule has 0 spiro atoms. The van der Waals surface area contributed by atoms with Crippen LogP contribution >= 0.6 is 0 Å². The standard InChI is InChI=1S/C12H20F3N3O3S/c13-12(14,15)10-3-1-2-9(8-10)11(19)17-4-6-18(7-5-17)22(16,20)21/h9-10H,1-8H2,(H2,16,20,21)/t9-,10+/m1/s1. The van der Waals surface area contributed by atoms with Crippen LogP contribution in [0.3, 0.4) is 0 Å². The Kier molecular flexibility index (Phi) is 5.03. The molecule has 1 aliphatic carbocycles. The largest absolute Gasteiger partial charge is 0.391 e. The fourth-order valence-electron chi connectivity index (χ4n) is 3.13. The summed E-state index contributed by atoms with van der Waals surface area (Å²) in [4.78, 5) is 13.8. The average Bonchev–Trinajstić information content (AvgIpc) is 2.45. The molecule has 2 N–H and O–H groups in total. The molecule has 2 fully saturated rings. The third-order valence-corrected chi connectivity index (χ3v) is 5.48. The van der Waals surface area contributed by atoms with Gasteiger partial charge in [0.25, 0.3) is 10.2 Å². The van der Waals surface area contributed by atoms with Crippen LogP contribution in [0, 0.1) is 11.8 Å². The van der Waals surface area contributed by atoms with Gasteiger partial charge in [0.2, 0.25) is 5.91 Å². The second kappa shape index (κ2) is 6.32. The molecule has 1 saturated heterocycles. The second-order valence-electron chi connectivity index (χ2n) is 5.87. The van der Waals surface area contributed by atoms with E-state index in [9.17, 15) is 26.4 Å². The summed E-state index contributed by atoms with van der Waals surface area (Å²) >= 11 is 0. The monoisotopic (exact) mass is 343 g/mol. The minimum atomic E-state index is -4.26. The van der Waals surface area contributed by atoms with Crippen LogP contribution in [0.5, 0.6) is 0 Å². The van der Waals surface area contributed by atoms with Gasteiger partial charge in [-0.15, -0.1) is 0 Å².